The van der Waals surface area contributed by atoms with E-state index in [4.69, 9.17) is 10.0 Å². The van der Waals surface area contributed by atoms with Crippen LogP contribution in [0.15, 0.2) is 0 Å². The summed E-state index contributed by atoms with van der Waals surface area (Å²) < 4.78 is 0. The Labute approximate surface area is 54.2 Å². The normalized spacial score (nSPS) is 46.7. The van der Waals surface area contributed by atoms with Crippen molar-refractivity contribution in [2.24, 2.45) is 5.92 Å². The van der Waals surface area contributed by atoms with E-state index in [1.165, 1.54) is 0 Å². The highest BCUT2D eigenvalue weighted by atomic mass is 16.4. The van der Waals surface area contributed by atoms with Crippen LogP contribution in [-0.2, 0) is 0 Å². The fourth-order valence-electron chi connectivity index (χ4n) is 1.78. The second kappa shape index (κ2) is 1.51. The van der Waals surface area contributed by atoms with Crippen molar-refractivity contribution in [1.29, 1.82) is 0 Å². The maximum atomic E-state index is 8.87. The van der Waals surface area contributed by atoms with Gasteiger partial charge in [0.25, 0.3) is 0 Å². The molecule has 0 radical (unpaired) electrons. The molecule has 1 aliphatic heterocycles. The van der Waals surface area contributed by atoms with Crippen LogP contribution in [0.3, 0.4) is 0 Å². The summed E-state index contributed by atoms with van der Waals surface area (Å²) in [5.41, 5.74) is 0. The van der Waals surface area contributed by atoms with Crippen molar-refractivity contribution in [2.75, 3.05) is 13.1 Å². The molecule has 1 heterocycles. The van der Waals surface area contributed by atoms with Crippen molar-refractivity contribution in [3.63, 3.8) is 0 Å². The van der Waals surface area contributed by atoms with E-state index in [1.807, 2.05) is 0 Å². The summed E-state index contributed by atoms with van der Waals surface area (Å²) >= 11 is 0. The van der Waals surface area contributed by atoms with Crippen LogP contribution >= 0.6 is 0 Å². The maximum Gasteiger partial charge on any atom is 0.459 e. The van der Waals surface area contributed by atoms with Gasteiger partial charge in [0.15, 0.2) is 0 Å². The third kappa shape index (κ3) is 0.583. The number of nitrogens with one attached hydrogen (secondary N) is 1. The van der Waals surface area contributed by atoms with E-state index < -0.39 is 7.12 Å². The zero-order valence-electron chi connectivity index (χ0n) is 5.17. The van der Waals surface area contributed by atoms with E-state index in [2.05, 4.69) is 5.32 Å². The molecule has 0 aromatic rings. The molecule has 3 nitrogen and oxygen atoms in total. The highest BCUT2D eigenvalue weighted by Crippen LogP contribution is 2.62. The molecule has 1 aliphatic carbocycles. The molecule has 2 atom stereocenters. The summed E-state index contributed by atoms with van der Waals surface area (Å²) in [6.45, 7) is 1.76. The van der Waals surface area contributed by atoms with E-state index in [9.17, 15) is 0 Å². The van der Waals surface area contributed by atoms with Gasteiger partial charge in [-0.05, 0) is 25.4 Å². The minimum absolute atomic E-state index is 0.139. The van der Waals surface area contributed by atoms with Gasteiger partial charge in [0.1, 0.15) is 0 Å². The Morgan fingerprint density at radius 1 is 1.56 bits per heavy atom. The summed E-state index contributed by atoms with van der Waals surface area (Å²) in [6.07, 6.45) is 0.998. The molecule has 0 amide bonds. The van der Waals surface area contributed by atoms with Gasteiger partial charge in [0, 0.05) is 5.31 Å². The molecule has 2 rings (SSSR count). The summed E-state index contributed by atoms with van der Waals surface area (Å²) in [7, 11) is -1.10. The van der Waals surface area contributed by atoms with Crippen molar-refractivity contribution >= 4 is 7.12 Å². The summed E-state index contributed by atoms with van der Waals surface area (Å²) in [5, 5.41) is 20.7. The van der Waals surface area contributed by atoms with E-state index in [0.29, 0.717) is 5.92 Å². The molecule has 2 aliphatic rings. The molecular formula is C5H10BNO2. The lowest BCUT2D eigenvalue weighted by Crippen LogP contribution is -2.26. The van der Waals surface area contributed by atoms with Crippen molar-refractivity contribution in [3.8, 4) is 0 Å². The zero-order valence-corrected chi connectivity index (χ0v) is 5.17. The first kappa shape index (κ1) is 5.71. The lowest BCUT2D eigenvalue weighted by Gasteiger charge is -2.07. The molecule has 0 aromatic heterocycles. The third-order valence-electron chi connectivity index (χ3n) is 2.64. The molecule has 1 saturated carbocycles. The number of rotatable bonds is 1. The van der Waals surface area contributed by atoms with E-state index in [-0.39, 0.29) is 5.31 Å². The SMILES string of the molecule is OB(O)[C@@]12CNC[C@@H]1C2. The molecule has 0 bridgehead atoms. The van der Waals surface area contributed by atoms with E-state index in [0.717, 1.165) is 19.5 Å². The zero-order chi connectivity index (χ0) is 6.48. The molecule has 0 aromatic carbocycles. The van der Waals surface area contributed by atoms with Crippen LogP contribution in [0.4, 0.5) is 0 Å². The van der Waals surface area contributed by atoms with Gasteiger partial charge in [-0.25, -0.2) is 0 Å². The van der Waals surface area contributed by atoms with Gasteiger partial charge in [0.2, 0.25) is 0 Å². The molecule has 1 saturated heterocycles. The van der Waals surface area contributed by atoms with Crippen LogP contribution < -0.4 is 5.32 Å². The first-order valence-electron chi connectivity index (χ1n) is 3.32. The van der Waals surface area contributed by atoms with Gasteiger partial charge in [-0.3, -0.25) is 0 Å². The van der Waals surface area contributed by atoms with Crippen molar-refractivity contribution in [1.82, 2.24) is 5.32 Å². The second-order valence-electron chi connectivity index (χ2n) is 3.14. The Bertz CT molecular complexity index is 137. The first-order chi connectivity index (χ1) is 4.26. The topological polar surface area (TPSA) is 52.5 Å². The molecule has 9 heavy (non-hydrogen) atoms. The fraction of sp³-hybridized carbons (Fsp3) is 1.00. The Morgan fingerprint density at radius 2 is 2.33 bits per heavy atom. The summed E-state index contributed by atoms with van der Waals surface area (Å²) in [4.78, 5) is 0. The largest absolute Gasteiger partial charge is 0.459 e. The van der Waals surface area contributed by atoms with Gasteiger partial charge < -0.3 is 15.4 Å². The average Bonchev–Trinajstić information content (AvgIpc) is 2.38. The number of piperidine rings is 1. The molecule has 4 heteroatoms. The predicted molar refractivity (Wildman–Crippen MR) is 33.9 cm³/mol. The van der Waals surface area contributed by atoms with Gasteiger partial charge in [-0.15, -0.1) is 0 Å². The van der Waals surface area contributed by atoms with E-state index >= 15 is 0 Å². The highest BCUT2D eigenvalue weighted by Gasteiger charge is 2.63. The second-order valence-corrected chi connectivity index (χ2v) is 3.14. The third-order valence-corrected chi connectivity index (χ3v) is 2.64. The van der Waals surface area contributed by atoms with Crippen LogP contribution in [0.1, 0.15) is 6.42 Å². The number of fused-ring (bicyclic) bond motifs is 1. The quantitative estimate of drug-likeness (QED) is 0.388. The van der Waals surface area contributed by atoms with Crippen molar-refractivity contribution in [2.45, 2.75) is 11.7 Å². The molecule has 0 unspecified atom stereocenters. The van der Waals surface area contributed by atoms with E-state index in [1.54, 1.807) is 0 Å². The number of hydrogen-bond acceptors (Lipinski definition) is 3. The van der Waals surface area contributed by atoms with Gasteiger partial charge in [-0.1, -0.05) is 0 Å². The Kier molecular flexibility index (Phi) is 0.956. The van der Waals surface area contributed by atoms with Crippen molar-refractivity contribution < 1.29 is 10.0 Å². The molecular weight excluding hydrogens is 117 g/mol. The molecule has 3 N–H and O–H groups in total. The lowest BCUT2D eigenvalue weighted by atomic mass is 9.68. The Balaban J connectivity index is 2.10. The van der Waals surface area contributed by atoms with Crippen LogP contribution in [0.5, 0.6) is 0 Å². The van der Waals surface area contributed by atoms with Crippen LogP contribution in [0.2, 0.25) is 5.31 Å². The fourth-order valence-corrected chi connectivity index (χ4v) is 1.78. The van der Waals surface area contributed by atoms with Crippen LogP contribution in [0, 0.1) is 5.92 Å². The minimum Gasteiger partial charge on any atom is -0.427 e. The lowest BCUT2D eigenvalue weighted by molar-refractivity contribution is 0.379. The standard InChI is InChI=1S/C5H10BNO2/c8-6(9)5-1-4(5)2-7-3-5/h4,7-9H,1-3H2/t4-,5-/m0/s1. The smallest absolute Gasteiger partial charge is 0.427 e. The monoisotopic (exact) mass is 127 g/mol. The Morgan fingerprint density at radius 3 is 2.56 bits per heavy atom. The highest BCUT2D eigenvalue weighted by molar-refractivity contribution is 6.47. The first-order valence-corrected chi connectivity index (χ1v) is 3.32. The summed E-state index contributed by atoms with van der Waals surface area (Å²) in [6, 6.07) is 0. The van der Waals surface area contributed by atoms with Gasteiger partial charge in [0.05, 0.1) is 0 Å². The molecule has 50 valence electrons. The summed E-state index contributed by atoms with van der Waals surface area (Å²) in [5.74, 6) is 0.539. The minimum atomic E-state index is -1.10. The van der Waals surface area contributed by atoms with Crippen LogP contribution in [-0.4, -0.2) is 30.3 Å². The van der Waals surface area contributed by atoms with Gasteiger partial charge >= 0.3 is 7.12 Å². The van der Waals surface area contributed by atoms with Crippen molar-refractivity contribution in [3.05, 3.63) is 0 Å². The molecule has 0 spiro atoms. The average molecular weight is 127 g/mol. The van der Waals surface area contributed by atoms with Gasteiger partial charge in [-0.2, -0.15) is 0 Å². The Hall–Kier alpha value is -0.0551. The maximum absolute atomic E-state index is 8.87. The predicted octanol–water partition coefficient (Wildman–Crippen LogP) is -1.18. The molecule has 2 fully saturated rings. The number of hydrogen-bond donors (Lipinski definition) is 3. The van der Waals surface area contributed by atoms with Crippen LogP contribution in [0.25, 0.3) is 0 Å².